The van der Waals surface area contributed by atoms with Gasteiger partial charge in [-0.2, -0.15) is 0 Å². The Labute approximate surface area is 102 Å². The Bertz CT molecular complexity index is 364. The van der Waals surface area contributed by atoms with Crippen LogP contribution in [0.4, 0.5) is 0 Å². The van der Waals surface area contributed by atoms with Gasteiger partial charge in [0.2, 0.25) is 0 Å². The van der Waals surface area contributed by atoms with Crippen molar-refractivity contribution < 1.29 is 5.11 Å². The van der Waals surface area contributed by atoms with E-state index < -0.39 is 5.60 Å². The Kier molecular flexibility index (Phi) is 3.56. The summed E-state index contributed by atoms with van der Waals surface area (Å²) in [6.07, 6.45) is 5.05. The molecule has 0 aromatic heterocycles. The normalized spacial score (nSPS) is 31.1. The molecule has 1 nitrogen and oxygen atoms in total. The summed E-state index contributed by atoms with van der Waals surface area (Å²) in [4.78, 5) is 0. The molecule has 0 heterocycles. The standard InChI is InChI=1S/C14H19ClO/c1-11-5-4-9-14(16,10-8-11)12-6-2-3-7-13(12)15/h2-3,6-7,11,16H,4-5,8-10H2,1H3. The van der Waals surface area contributed by atoms with Crippen molar-refractivity contribution in [3.63, 3.8) is 0 Å². The topological polar surface area (TPSA) is 20.2 Å². The first-order chi connectivity index (χ1) is 7.62. The lowest BCUT2D eigenvalue weighted by molar-refractivity contribution is 0.0199. The summed E-state index contributed by atoms with van der Waals surface area (Å²) in [6.45, 7) is 2.26. The molecule has 2 rings (SSSR count). The van der Waals surface area contributed by atoms with Gasteiger partial charge in [-0.05, 0) is 37.7 Å². The van der Waals surface area contributed by atoms with E-state index in [-0.39, 0.29) is 0 Å². The van der Waals surface area contributed by atoms with Crippen molar-refractivity contribution in [3.05, 3.63) is 34.9 Å². The predicted molar refractivity (Wildman–Crippen MR) is 67.6 cm³/mol. The molecule has 0 radical (unpaired) electrons. The van der Waals surface area contributed by atoms with Crippen LogP contribution in [-0.2, 0) is 5.60 Å². The third-order valence-electron chi connectivity index (χ3n) is 3.71. The molecule has 1 aliphatic carbocycles. The summed E-state index contributed by atoms with van der Waals surface area (Å²) in [5.74, 6) is 0.719. The molecule has 1 aliphatic rings. The monoisotopic (exact) mass is 238 g/mol. The van der Waals surface area contributed by atoms with Crippen LogP contribution >= 0.6 is 11.6 Å². The molecule has 16 heavy (non-hydrogen) atoms. The molecule has 1 aromatic rings. The van der Waals surface area contributed by atoms with E-state index in [1.54, 1.807) is 0 Å². The van der Waals surface area contributed by atoms with Gasteiger partial charge < -0.3 is 5.11 Å². The van der Waals surface area contributed by atoms with Crippen molar-refractivity contribution in [2.24, 2.45) is 5.92 Å². The van der Waals surface area contributed by atoms with Crippen molar-refractivity contribution in [3.8, 4) is 0 Å². The minimum atomic E-state index is -0.705. The summed E-state index contributed by atoms with van der Waals surface area (Å²) in [5.41, 5.74) is 0.203. The van der Waals surface area contributed by atoms with E-state index in [0.717, 1.165) is 37.2 Å². The highest BCUT2D eigenvalue weighted by Crippen LogP contribution is 2.40. The fourth-order valence-electron chi connectivity index (χ4n) is 2.61. The maximum atomic E-state index is 10.7. The van der Waals surface area contributed by atoms with Crippen LogP contribution in [0.25, 0.3) is 0 Å². The highest BCUT2D eigenvalue weighted by atomic mass is 35.5. The molecule has 2 unspecified atom stereocenters. The van der Waals surface area contributed by atoms with Gasteiger partial charge in [-0.1, -0.05) is 43.1 Å². The van der Waals surface area contributed by atoms with Crippen molar-refractivity contribution in [1.29, 1.82) is 0 Å². The molecule has 0 spiro atoms. The van der Waals surface area contributed by atoms with Crippen LogP contribution in [0.1, 0.15) is 44.6 Å². The second kappa shape index (κ2) is 4.77. The van der Waals surface area contributed by atoms with E-state index >= 15 is 0 Å². The van der Waals surface area contributed by atoms with E-state index in [1.165, 1.54) is 6.42 Å². The van der Waals surface area contributed by atoms with E-state index in [1.807, 2.05) is 24.3 Å². The second-order valence-electron chi connectivity index (χ2n) is 5.05. The Morgan fingerprint density at radius 2 is 2.00 bits per heavy atom. The third kappa shape index (κ3) is 2.41. The summed E-state index contributed by atoms with van der Waals surface area (Å²) >= 11 is 6.18. The second-order valence-corrected chi connectivity index (χ2v) is 5.45. The lowest BCUT2D eigenvalue weighted by atomic mass is 9.86. The van der Waals surface area contributed by atoms with E-state index in [2.05, 4.69) is 6.92 Å². The van der Waals surface area contributed by atoms with Crippen LogP contribution in [0, 0.1) is 5.92 Å². The minimum absolute atomic E-state index is 0.694. The average Bonchev–Trinajstić information content (AvgIpc) is 2.43. The maximum absolute atomic E-state index is 10.7. The first-order valence-electron chi connectivity index (χ1n) is 6.09. The van der Waals surface area contributed by atoms with Crippen LogP contribution in [0.2, 0.25) is 5.02 Å². The summed E-state index contributed by atoms with van der Waals surface area (Å²) < 4.78 is 0. The van der Waals surface area contributed by atoms with Crippen molar-refractivity contribution in [1.82, 2.24) is 0 Å². The molecule has 1 fully saturated rings. The van der Waals surface area contributed by atoms with Crippen molar-refractivity contribution in [2.75, 3.05) is 0 Å². The summed E-state index contributed by atoms with van der Waals surface area (Å²) in [7, 11) is 0. The predicted octanol–water partition coefficient (Wildman–Crippen LogP) is 4.13. The summed E-state index contributed by atoms with van der Waals surface area (Å²) in [5, 5.41) is 11.4. The zero-order chi connectivity index (χ0) is 11.6. The van der Waals surface area contributed by atoms with Crippen LogP contribution in [-0.4, -0.2) is 5.11 Å². The fourth-order valence-corrected chi connectivity index (χ4v) is 2.92. The van der Waals surface area contributed by atoms with Gasteiger partial charge in [0.15, 0.2) is 0 Å². The van der Waals surface area contributed by atoms with Gasteiger partial charge in [-0.15, -0.1) is 0 Å². The molecule has 2 atom stereocenters. The number of hydrogen-bond donors (Lipinski definition) is 1. The van der Waals surface area contributed by atoms with Crippen LogP contribution in [0.5, 0.6) is 0 Å². The molecule has 0 amide bonds. The number of aliphatic hydroxyl groups is 1. The maximum Gasteiger partial charge on any atom is 0.0911 e. The van der Waals surface area contributed by atoms with E-state index in [9.17, 15) is 5.11 Å². The average molecular weight is 239 g/mol. The van der Waals surface area contributed by atoms with Crippen molar-refractivity contribution >= 4 is 11.6 Å². The molecule has 0 bridgehead atoms. The van der Waals surface area contributed by atoms with Gasteiger partial charge in [-0.25, -0.2) is 0 Å². The number of rotatable bonds is 1. The lowest BCUT2D eigenvalue weighted by Crippen LogP contribution is -2.25. The van der Waals surface area contributed by atoms with Crippen LogP contribution in [0.15, 0.2) is 24.3 Å². The summed E-state index contributed by atoms with van der Waals surface area (Å²) in [6, 6.07) is 7.68. The SMILES string of the molecule is CC1CCCC(O)(c2ccccc2Cl)CC1. The van der Waals surface area contributed by atoms with Gasteiger partial charge in [0.25, 0.3) is 0 Å². The Hall–Kier alpha value is -0.530. The van der Waals surface area contributed by atoms with Crippen LogP contribution in [0.3, 0.4) is 0 Å². The molecule has 88 valence electrons. The first-order valence-corrected chi connectivity index (χ1v) is 6.47. The molecule has 1 aromatic carbocycles. The molecule has 1 N–H and O–H groups in total. The Morgan fingerprint density at radius 1 is 1.25 bits per heavy atom. The van der Waals surface area contributed by atoms with Gasteiger partial charge >= 0.3 is 0 Å². The molecule has 1 saturated carbocycles. The number of hydrogen-bond acceptors (Lipinski definition) is 1. The number of halogens is 1. The zero-order valence-electron chi connectivity index (χ0n) is 9.75. The first kappa shape index (κ1) is 11.9. The highest BCUT2D eigenvalue weighted by Gasteiger charge is 2.32. The van der Waals surface area contributed by atoms with Gasteiger partial charge in [0.1, 0.15) is 0 Å². The highest BCUT2D eigenvalue weighted by molar-refractivity contribution is 6.31. The van der Waals surface area contributed by atoms with E-state index in [4.69, 9.17) is 11.6 Å². The van der Waals surface area contributed by atoms with E-state index in [0.29, 0.717) is 5.02 Å². The fraction of sp³-hybridized carbons (Fsp3) is 0.571. The molecular weight excluding hydrogens is 220 g/mol. The van der Waals surface area contributed by atoms with Crippen LogP contribution < -0.4 is 0 Å². The third-order valence-corrected chi connectivity index (χ3v) is 4.04. The Morgan fingerprint density at radius 3 is 2.75 bits per heavy atom. The Balaban J connectivity index is 2.27. The van der Waals surface area contributed by atoms with Crippen molar-refractivity contribution in [2.45, 2.75) is 44.6 Å². The van der Waals surface area contributed by atoms with Gasteiger partial charge in [-0.3, -0.25) is 0 Å². The molecule has 2 heteroatoms. The molecule has 0 saturated heterocycles. The molecular formula is C14H19ClO. The zero-order valence-corrected chi connectivity index (χ0v) is 10.5. The number of benzene rings is 1. The van der Waals surface area contributed by atoms with Gasteiger partial charge in [0.05, 0.1) is 5.60 Å². The quantitative estimate of drug-likeness (QED) is 0.730. The smallest absolute Gasteiger partial charge is 0.0911 e. The minimum Gasteiger partial charge on any atom is -0.385 e. The van der Waals surface area contributed by atoms with Gasteiger partial charge in [0, 0.05) is 10.6 Å². The largest absolute Gasteiger partial charge is 0.385 e. The molecule has 0 aliphatic heterocycles. The lowest BCUT2D eigenvalue weighted by Gasteiger charge is -2.28.